The van der Waals surface area contributed by atoms with Gasteiger partial charge in [-0.2, -0.15) is 0 Å². The van der Waals surface area contributed by atoms with Gasteiger partial charge in [0.05, 0.1) is 0 Å². The average molecular weight is 309 g/mol. The molecule has 2 rings (SSSR count). The molecule has 6 heteroatoms. The maximum atomic E-state index is 12.0. The second-order valence-corrected chi connectivity index (χ2v) is 5.16. The van der Waals surface area contributed by atoms with Gasteiger partial charge in [-0.05, 0) is 24.6 Å². The normalized spacial score (nSPS) is 18.9. The van der Waals surface area contributed by atoms with Gasteiger partial charge in [0.15, 0.2) is 0 Å². The van der Waals surface area contributed by atoms with Crippen molar-refractivity contribution in [1.29, 1.82) is 0 Å². The molecule has 2 N–H and O–H groups in total. The van der Waals surface area contributed by atoms with Crippen LogP contribution in [0.4, 0.5) is 5.69 Å². The number of hydrogen-bond donors (Lipinski definition) is 2. The third-order valence-electron chi connectivity index (χ3n) is 3.45. The van der Waals surface area contributed by atoms with Crippen LogP contribution in [0.3, 0.4) is 0 Å². The Morgan fingerprint density at radius 2 is 2.33 bits per heavy atom. The summed E-state index contributed by atoms with van der Waals surface area (Å²) in [5.41, 5.74) is 1.40. The molecule has 5 nitrogen and oxygen atoms in total. The number of rotatable bonds is 4. The van der Waals surface area contributed by atoms with Gasteiger partial charge in [0.1, 0.15) is 6.04 Å². The van der Waals surface area contributed by atoms with Crippen LogP contribution >= 0.6 is 11.6 Å². The highest BCUT2D eigenvalue weighted by Crippen LogP contribution is 2.31. The lowest BCUT2D eigenvalue weighted by Crippen LogP contribution is -2.55. The second-order valence-electron chi connectivity index (χ2n) is 4.75. The van der Waals surface area contributed by atoms with Crippen LogP contribution in [0.25, 0.3) is 6.08 Å². The molecule has 0 aliphatic carbocycles. The van der Waals surface area contributed by atoms with E-state index in [1.807, 2.05) is 17.9 Å². The van der Waals surface area contributed by atoms with E-state index in [4.69, 9.17) is 16.7 Å². The smallest absolute Gasteiger partial charge is 0.328 e. The predicted octanol–water partition coefficient (Wildman–Crippen LogP) is 2.15. The Hall–Kier alpha value is -2.01. The molecule has 0 radical (unpaired) electrons. The number of amides is 1. The number of nitrogens with one attached hydrogen (secondary N) is 1. The van der Waals surface area contributed by atoms with Crippen LogP contribution in [0.15, 0.2) is 24.3 Å². The van der Waals surface area contributed by atoms with Crippen molar-refractivity contribution < 1.29 is 14.7 Å². The summed E-state index contributed by atoms with van der Waals surface area (Å²) in [6, 6.07) is 5.09. The standard InChI is InChI=1S/C15H17ClN2O3/c1-2-12-15(21)17-8-9-18(12)13-5-3-4-11(16)10(13)6-7-14(19)20/h3-7,12H,2,8-9H2,1H3,(H,17,21)(H,19,20). The van der Waals surface area contributed by atoms with E-state index in [1.54, 1.807) is 12.1 Å². The Bertz CT molecular complexity index is 586. The zero-order valence-electron chi connectivity index (χ0n) is 11.7. The molecule has 1 heterocycles. The Balaban J connectivity index is 2.45. The van der Waals surface area contributed by atoms with Crippen LogP contribution < -0.4 is 10.2 Å². The molecule has 1 atom stereocenters. The largest absolute Gasteiger partial charge is 0.478 e. The van der Waals surface area contributed by atoms with Crippen molar-refractivity contribution in [1.82, 2.24) is 5.32 Å². The number of carbonyl (C=O) groups excluding carboxylic acids is 1. The zero-order chi connectivity index (χ0) is 15.4. The van der Waals surface area contributed by atoms with Gasteiger partial charge in [-0.1, -0.05) is 24.6 Å². The summed E-state index contributed by atoms with van der Waals surface area (Å²) < 4.78 is 0. The highest BCUT2D eigenvalue weighted by Gasteiger charge is 2.29. The zero-order valence-corrected chi connectivity index (χ0v) is 12.4. The number of halogens is 1. The average Bonchev–Trinajstić information content (AvgIpc) is 2.45. The van der Waals surface area contributed by atoms with Crippen molar-refractivity contribution in [2.45, 2.75) is 19.4 Å². The molecule has 21 heavy (non-hydrogen) atoms. The minimum atomic E-state index is -1.04. The Labute approximate surface area is 128 Å². The fraction of sp³-hybridized carbons (Fsp3) is 0.333. The maximum Gasteiger partial charge on any atom is 0.328 e. The summed E-state index contributed by atoms with van der Waals surface area (Å²) in [4.78, 5) is 24.7. The molecule has 0 aromatic heterocycles. The number of carboxylic acids is 1. The van der Waals surface area contributed by atoms with Crippen molar-refractivity contribution in [2.75, 3.05) is 18.0 Å². The van der Waals surface area contributed by atoms with E-state index in [9.17, 15) is 9.59 Å². The predicted molar refractivity (Wildman–Crippen MR) is 82.6 cm³/mol. The first-order valence-electron chi connectivity index (χ1n) is 6.78. The molecule has 1 aromatic rings. The molecule has 1 fully saturated rings. The van der Waals surface area contributed by atoms with Crippen LogP contribution in [-0.2, 0) is 9.59 Å². The molecule has 0 saturated carbocycles. The highest BCUT2D eigenvalue weighted by molar-refractivity contribution is 6.32. The fourth-order valence-corrected chi connectivity index (χ4v) is 2.74. The van der Waals surface area contributed by atoms with E-state index in [0.717, 1.165) is 11.8 Å². The van der Waals surface area contributed by atoms with Gasteiger partial charge in [0, 0.05) is 35.4 Å². The summed E-state index contributed by atoms with van der Waals surface area (Å²) >= 11 is 6.19. The van der Waals surface area contributed by atoms with Crippen molar-refractivity contribution in [3.8, 4) is 0 Å². The summed E-state index contributed by atoms with van der Waals surface area (Å²) in [6.45, 7) is 3.17. The third-order valence-corrected chi connectivity index (χ3v) is 3.78. The number of benzene rings is 1. The number of carbonyl (C=O) groups is 2. The molecule has 0 spiro atoms. The van der Waals surface area contributed by atoms with Gasteiger partial charge >= 0.3 is 5.97 Å². The Morgan fingerprint density at radius 3 is 3.00 bits per heavy atom. The van der Waals surface area contributed by atoms with Crippen molar-refractivity contribution >= 4 is 35.2 Å². The maximum absolute atomic E-state index is 12.0. The van der Waals surface area contributed by atoms with Crippen molar-refractivity contribution in [2.24, 2.45) is 0 Å². The monoisotopic (exact) mass is 308 g/mol. The number of anilines is 1. The first-order valence-corrected chi connectivity index (χ1v) is 7.16. The minimum absolute atomic E-state index is 0.0168. The van der Waals surface area contributed by atoms with Gasteiger partial charge in [0.25, 0.3) is 0 Å². The van der Waals surface area contributed by atoms with Gasteiger partial charge in [-0.3, -0.25) is 4.79 Å². The molecule has 112 valence electrons. The molecular weight excluding hydrogens is 292 g/mol. The molecule has 1 aromatic carbocycles. The fourth-order valence-electron chi connectivity index (χ4n) is 2.50. The number of piperazine rings is 1. The summed E-state index contributed by atoms with van der Waals surface area (Å²) in [5, 5.41) is 12.1. The number of hydrogen-bond acceptors (Lipinski definition) is 3. The lowest BCUT2D eigenvalue weighted by Gasteiger charge is -2.37. The van der Waals surface area contributed by atoms with Gasteiger partial charge < -0.3 is 15.3 Å². The third kappa shape index (κ3) is 3.36. The lowest BCUT2D eigenvalue weighted by molar-refractivity contribution is -0.131. The number of nitrogens with zero attached hydrogens (tertiary/aromatic N) is 1. The van der Waals surface area contributed by atoms with E-state index in [1.165, 1.54) is 6.08 Å². The van der Waals surface area contributed by atoms with Crippen molar-refractivity contribution in [3.63, 3.8) is 0 Å². The quantitative estimate of drug-likeness (QED) is 0.836. The summed E-state index contributed by atoms with van der Waals surface area (Å²) in [5.74, 6) is -1.05. The molecule has 1 saturated heterocycles. The van der Waals surface area contributed by atoms with Crippen LogP contribution in [-0.4, -0.2) is 36.1 Å². The van der Waals surface area contributed by atoms with E-state index in [0.29, 0.717) is 30.1 Å². The minimum Gasteiger partial charge on any atom is -0.478 e. The first-order chi connectivity index (χ1) is 10.0. The summed E-state index contributed by atoms with van der Waals surface area (Å²) in [7, 11) is 0. The summed E-state index contributed by atoms with van der Waals surface area (Å²) in [6.07, 6.45) is 3.19. The van der Waals surface area contributed by atoms with E-state index < -0.39 is 5.97 Å². The van der Waals surface area contributed by atoms with Gasteiger partial charge in [-0.25, -0.2) is 4.79 Å². The van der Waals surface area contributed by atoms with E-state index >= 15 is 0 Å². The molecular formula is C15H17ClN2O3. The molecule has 1 unspecified atom stereocenters. The number of carboxylic acid groups (broad SMARTS) is 1. The van der Waals surface area contributed by atoms with Crippen LogP contribution in [0, 0.1) is 0 Å². The lowest BCUT2D eigenvalue weighted by atomic mass is 10.0. The molecule has 1 aliphatic heterocycles. The van der Waals surface area contributed by atoms with Gasteiger partial charge in [-0.15, -0.1) is 0 Å². The SMILES string of the molecule is CCC1C(=O)NCCN1c1cccc(Cl)c1C=CC(=O)O. The first kappa shape index (κ1) is 15.4. The topological polar surface area (TPSA) is 69.6 Å². The van der Waals surface area contributed by atoms with Crippen LogP contribution in [0.5, 0.6) is 0 Å². The Kier molecular flexibility index (Phi) is 4.85. The van der Waals surface area contributed by atoms with E-state index in [2.05, 4.69) is 5.32 Å². The van der Waals surface area contributed by atoms with Crippen molar-refractivity contribution in [3.05, 3.63) is 34.9 Å². The molecule has 1 amide bonds. The molecule has 1 aliphatic rings. The molecule has 0 bridgehead atoms. The highest BCUT2D eigenvalue weighted by atomic mass is 35.5. The van der Waals surface area contributed by atoms with Crippen LogP contribution in [0.1, 0.15) is 18.9 Å². The van der Waals surface area contributed by atoms with Gasteiger partial charge in [0.2, 0.25) is 5.91 Å². The number of aliphatic carboxylic acids is 1. The Morgan fingerprint density at radius 1 is 1.57 bits per heavy atom. The van der Waals surface area contributed by atoms with Crippen LogP contribution in [0.2, 0.25) is 5.02 Å². The second kappa shape index (κ2) is 6.63. The van der Waals surface area contributed by atoms with E-state index in [-0.39, 0.29) is 11.9 Å².